The molecule has 0 radical (unpaired) electrons. The van der Waals surface area contributed by atoms with E-state index in [4.69, 9.17) is 16.3 Å². The molecule has 40 heavy (non-hydrogen) atoms. The zero-order chi connectivity index (χ0) is 29.4. The molecule has 1 aliphatic heterocycles. The lowest BCUT2D eigenvalue weighted by Crippen LogP contribution is -2.40. The Kier molecular flexibility index (Phi) is 8.28. The smallest absolute Gasteiger partial charge is 0.379 e. The van der Waals surface area contributed by atoms with E-state index in [-0.39, 0.29) is 33.6 Å². The van der Waals surface area contributed by atoms with Gasteiger partial charge in [0.25, 0.3) is 15.6 Å². The summed E-state index contributed by atoms with van der Waals surface area (Å²) in [7, 11) is -4.67. The first kappa shape index (κ1) is 29.6. The third-order valence-electron chi connectivity index (χ3n) is 6.15. The molecule has 0 aliphatic carbocycles. The van der Waals surface area contributed by atoms with Crippen LogP contribution in [-0.4, -0.2) is 49.1 Å². The zero-order valence-corrected chi connectivity index (χ0v) is 22.7. The summed E-state index contributed by atoms with van der Waals surface area (Å²) in [5.74, 6) is -4.53. The van der Waals surface area contributed by atoms with Crippen LogP contribution in [0, 0.1) is 12.7 Å². The number of rotatable bonds is 8. The number of ether oxygens (including phenoxy) is 1. The van der Waals surface area contributed by atoms with Crippen molar-refractivity contribution in [1.29, 1.82) is 0 Å². The summed E-state index contributed by atoms with van der Waals surface area (Å²) in [6.45, 7) is 3.84. The zero-order valence-electron chi connectivity index (χ0n) is 21.1. The molecule has 2 heterocycles. The minimum absolute atomic E-state index is 0.0405. The summed E-state index contributed by atoms with van der Waals surface area (Å²) >= 11 is 6.30. The van der Waals surface area contributed by atoms with Gasteiger partial charge in [0.15, 0.2) is 0 Å². The van der Waals surface area contributed by atoms with Gasteiger partial charge in [0.1, 0.15) is 11.5 Å². The number of nitrogens with zero attached hydrogens (tertiary/aromatic N) is 3. The van der Waals surface area contributed by atoms with Gasteiger partial charge in [0.2, 0.25) is 0 Å². The lowest BCUT2D eigenvalue weighted by molar-refractivity contribution is -0.199. The molecule has 0 unspecified atom stereocenters. The molecule has 16 heteroatoms. The summed E-state index contributed by atoms with van der Waals surface area (Å²) in [5.41, 5.74) is -0.740. The van der Waals surface area contributed by atoms with Crippen LogP contribution in [0.1, 0.15) is 31.4 Å². The van der Waals surface area contributed by atoms with Crippen LogP contribution in [0.2, 0.25) is 5.02 Å². The number of carbonyl (C=O) groups is 1. The first-order chi connectivity index (χ1) is 18.8. The second kappa shape index (κ2) is 11.2. The Labute approximate surface area is 230 Å². The molecule has 0 spiro atoms. The van der Waals surface area contributed by atoms with Crippen LogP contribution >= 0.6 is 11.6 Å². The van der Waals surface area contributed by atoms with Gasteiger partial charge >= 0.3 is 12.1 Å². The molecule has 1 fully saturated rings. The fourth-order valence-electron chi connectivity index (χ4n) is 4.17. The van der Waals surface area contributed by atoms with E-state index in [1.165, 1.54) is 30.0 Å². The Bertz CT molecular complexity index is 1620. The van der Waals surface area contributed by atoms with Gasteiger partial charge in [-0.1, -0.05) is 23.0 Å². The normalized spacial score (nSPS) is 15.8. The molecule has 0 amide bonds. The number of anilines is 3. The van der Waals surface area contributed by atoms with Crippen molar-refractivity contribution in [3.8, 4) is 0 Å². The van der Waals surface area contributed by atoms with Crippen molar-refractivity contribution in [3.05, 3.63) is 57.3 Å². The average molecular weight is 607 g/mol. The number of aromatic nitrogens is 2. The Morgan fingerprint density at radius 1 is 1.30 bits per heavy atom. The highest BCUT2D eigenvalue weighted by atomic mass is 35.5. The summed E-state index contributed by atoms with van der Waals surface area (Å²) in [5, 5.41) is 2.21. The Balaban J connectivity index is 1.80. The van der Waals surface area contributed by atoms with Crippen LogP contribution in [0.4, 0.5) is 34.6 Å². The van der Waals surface area contributed by atoms with Gasteiger partial charge in [-0.05, 0) is 49.6 Å². The second-order valence-corrected chi connectivity index (χ2v) is 11.2. The Morgan fingerprint density at radius 2 is 2.02 bits per heavy atom. The maximum absolute atomic E-state index is 15.0. The second-order valence-electron chi connectivity index (χ2n) is 8.91. The minimum Gasteiger partial charge on any atom is -0.379 e. The van der Waals surface area contributed by atoms with Crippen LogP contribution in [0.25, 0.3) is 10.9 Å². The average Bonchev–Trinajstić information content (AvgIpc) is 3.41. The lowest BCUT2D eigenvalue weighted by atomic mass is 10.1. The third kappa shape index (κ3) is 5.71. The summed E-state index contributed by atoms with van der Waals surface area (Å²) in [6.07, 6.45) is -3.53. The summed E-state index contributed by atoms with van der Waals surface area (Å²) in [4.78, 5) is 33.4. The molecular weight excluding hydrogens is 584 g/mol. The minimum atomic E-state index is -5.53. The summed E-state index contributed by atoms with van der Waals surface area (Å²) in [6, 6.07) is 4.27. The molecule has 4 rings (SSSR count). The number of alkyl halides is 3. The van der Waals surface area contributed by atoms with Crippen LogP contribution in [-0.2, 0) is 24.4 Å². The molecule has 2 aromatic carbocycles. The standard InChI is InChI=1S/C24H23ClF4N4O6S/c1-3-10-40(36,37)33(39-23(35)24(27,28)29)18-7-4-15(26)21(20(18)25)31-16-5-6-17-19(13(16)2)22(34)32(12-30-17)14-8-9-38-11-14/h4-7,12,14,31H,3,8-11H2,1-2H3/t14-/m1/s1. The molecule has 10 nitrogen and oxygen atoms in total. The van der Waals surface area contributed by atoms with Crippen molar-refractivity contribution in [2.45, 2.75) is 38.9 Å². The van der Waals surface area contributed by atoms with Crippen molar-refractivity contribution in [2.24, 2.45) is 0 Å². The number of benzene rings is 2. The fourth-order valence-corrected chi connectivity index (χ4v) is 5.82. The highest BCUT2D eigenvalue weighted by molar-refractivity contribution is 7.92. The monoisotopic (exact) mass is 606 g/mol. The number of hydrogen-bond acceptors (Lipinski definition) is 8. The van der Waals surface area contributed by atoms with Gasteiger partial charge in [-0.2, -0.15) is 13.2 Å². The molecule has 1 aromatic heterocycles. The van der Waals surface area contributed by atoms with Crippen LogP contribution in [0.15, 0.2) is 35.4 Å². The molecule has 1 aliphatic rings. The van der Waals surface area contributed by atoms with Crippen LogP contribution < -0.4 is 15.3 Å². The molecular formula is C24H23ClF4N4O6S. The largest absolute Gasteiger partial charge is 0.493 e. The highest BCUT2D eigenvalue weighted by Gasteiger charge is 2.45. The molecule has 216 valence electrons. The summed E-state index contributed by atoms with van der Waals surface area (Å²) < 4.78 is 85.7. The number of nitrogens with one attached hydrogen (secondary N) is 1. The van der Waals surface area contributed by atoms with Crippen molar-refractivity contribution in [1.82, 2.24) is 9.55 Å². The number of halogens is 5. The van der Waals surface area contributed by atoms with Crippen molar-refractivity contribution >= 4 is 55.6 Å². The molecule has 0 bridgehead atoms. The van der Waals surface area contributed by atoms with E-state index < -0.39 is 50.1 Å². The van der Waals surface area contributed by atoms with Gasteiger partial charge < -0.3 is 14.9 Å². The molecule has 1 atom stereocenters. The van der Waals surface area contributed by atoms with Gasteiger partial charge in [-0.3, -0.25) is 9.36 Å². The number of hydrogen-bond donors (Lipinski definition) is 1. The molecule has 1 N–H and O–H groups in total. The number of carbonyl (C=O) groups excluding carboxylic acids is 1. The fraction of sp³-hybridized carbons (Fsp3) is 0.375. The van der Waals surface area contributed by atoms with Crippen molar-refractivity contribution in [3.63, 3.8) is 0 Å². The van der Waals surface area contributed by atoms with Crippen LogP contribution in [0.5, 0.6) is 0 Å². The topological polar surface area (TPSA) is 120 Å². The highest BCUT2D eigenvalue weighted by Crippen LogP contribution is 2.39. The van der Waals surface area contributed by atoms with E-state index in [9.17, 15) is 35.6 Å². The maximum Gasteiger partial charge on any atom is 0.493 e. The van der Waals surface area contributed by atoms with Gasteiger partial charge in [0, 0.05) is 12.3 Å². The van der Waals surface area contributed by atoms with E-state index in [0.29, 0.717) is 30.7 Å². The van der Waals surface area contributed by atoms with Gasteiger partial charge in [-0.15, -0.1) is 0 Å². The molecule has 0 saturated carbocycles. The van der Waals surface area contributed by atoms with E-state index in [0.717, 1.165) is 12.1 Å². The van der Waals surface area contributed by atoms with Gasteiger partial charge in [-0.25, -0.2) is 22.6 Å². The maximum atomic E-state index is 15.0. The first-order valence-corrected chi connectivity index (χ1v) is 13.9. The predicted octanol–water partition coefficient (Wildman–Crippen LogP) is 4.77. The van der Waals surface area contributed by atoms with E-state index >= 15 is 0 Å². The van der Waals surface area contributed by atoms with E-state index in [2.05, 4.69) is 15.1 Å². The number of sulfonamides is 1. The third-order valence-corrected chi connectivity index (χ3v) is 8.23. The number of aryl methyl sites for hydroxylation is 1. The van der Waals surface area contributed by atoms with E-state index in [1.54, 1.807) is 6.92 Å². The van der Waals surface area contributed by atoms with Gasteiger partial charge in [0.05, 0.1) is 46.3 Å². The first-order valence-electron chi connectivity index (χ1n) is 11.9. The quantitative estimate of drug-likeness (QED) is 0.288. The Morgan fingerprint density at radius 3 is 2.65 bits per heavy atom. The lowest BCUT2D eigenvalue weighted by Gasteiger charge is -2.25. The molecule has 1 saturated heterocycles. The predicted molar refractivity (Wildman–Crippen MR) is 139 cm³/mol. The van der Waals surface area contributed by atoms with Crippen molar-refractivity contribution in [2.75, 3.05) is 28.8 Å². The van der Waals surface area contributed by atoms with E-state index in [1.807, 2.05) is 0 Å². The molecule has 3 aromatic rings. The Hall–Kier alpha value is -3.43. The SMILES string of the molecule is CCCS(=O)(=O)N(OC(=O)C(F)(F)F)c1ccc(F)c(Nc2ccc3ncn([C@@H]4CCOC4)c(=O)c3c2C)c1Cl. The van der Waals surface area contributed by atoms with Crippen LogP contribution in [0.3, 0.4) is 0 Å². The number of fused-ring (bicyclic) bond motifs is 1. The van der Waals surface area contributed by atoms with Crippen molar-refractivity contribution < 1.29 is 40.3 Å².